The molecule has 2 fully saturated rings. The minimum Gasteiger partial charge on any atom is -0.369 e. The lowest BCUT2D eigenvalue weighted by molar-refractivity contribution is -0.126. The van der Waals surface area contributed by atoms with Crippen molar-refractivity contribution in [1.29, 1.82) is 0 Å². The highest BCUT2D eigenvalue weighted by Crippen LogP contribution is 2.23. The van der Waals surface area contributed by atoms with Crippen LogP contribution in [0.1, 0.15) is 19.8 Å². The van der Waals surface area contributed by atoms with Crippen LogP contribution in [0, 0.1) is 0 Å². The van der Waals surface area contributed by atoms with Gasteiger partial charge in [0, 0.05) is 38.3 Å². The van der Waals surface area contributed by atoms with Gasteiger partial charge in [-0.15, -0.1) is 0 Å². The molecule has 21 heavy (non-hydrogen) atoms. The molecule has 3 atom stereocenters. The van der Waals surface area contributed by atoms with E-state index in [0.29, 0.717) is 6.54 Å². The summed E-state index contributed by atoms with van der Waals surface area (Å²) in [4.78, 5) is 27.1. The van der Waals surface area contributed by atoms with Gasteiger partial charge in [0.15, 0.2) is 0 Å². The number of piperazine rings is 1. The van der Waals surface area contributed by atoms with Crippen molar-refractivity contribution in [2.75, 3.05) is 32.7 Å². The second-order valence-corrected chi connectivity index (χ2v) is 6.69. The number of hydrogen-bond donors (Lipinski definition) is 3. The van der Waals surface area contributed by atoms with Gasteiger partial charge in [-0.05, 0) is 6.42 Å². The zero-order valence-electron chi connectivity index (χ0n) is 12.3. The van der Waals surface area contributed by atoms with Crippen molar-refractivity contribution in [3.63, 3.8) is 0 Å². The predicted molar refractivity (Wildman–Crippen MR) is 83.7 cm³/mol. The minimum absolute atomic E-state index is 0.0214. The second-order valence-electron chi connectivity index (χ2n) is 5.70. The van der Waals surface area contributed by atoms with Crippen LogP contribution in [0.4, 0.5) is 0 Å². The Morgan fingerprint density at radius 1 is 1.38 bits per heavy atom. The summed E-state index contributed by atoms with van der Waals surface area (Å²) in [5.41, 5.74) is 11.1. The highest BCUT2D eigenvalue weighted by atomic mass is 79.9. The molecule has 8 heteroatoms. The fraction of sp³-hybridized carbons (Fsp3) is 0.846. The van der Waals surface area contributed by atoms with Crippen LogP contribution >= 0.6 is 15.9 Å². The zero-order valence-corrected chi connectivity index (χ0v) is 13.9. The molecule has 2 amide bonds. The smallest absolute Gasteiger partial charge is 0.249 e. The molecule has 2 saturated heterocycles. The van der Waals surface area contributed by atoms with E-state index in [9.17, 15) is 9.59 Å². The molecule has 2 aliphatic rings. The molecule has 7 nitrogen and oxygen atoms in total. The minimum atomic E-state index is -0.288. The van der Waals surface area contributed by atoms with E-state index in [2.05, 4.69) is 43.5 Å². The first-order valence-corrected chi connectivity index (χ1v) is 8.38. The van der Waals surface area contributed by atoms with Crippen molar-refractivity contribution in [2.45, 2.75) is 36.7 Å². The lowest BCUT2D eigenvalue weighted by Gasteiger charge is -2.46. The van der Waals surface area contributed by atoms with Gasteiger partial charge in [-0.25, -0.2) is 5.43 Å². The number of carbonyl (C=O) groups is 2. The Hall–Kier alpha value is -0.700. The Balaban J connectivity index is 1.97. The summed E-state index contributed by atoms with van der Waals surface area (Å²) < 4.78 is 0. The third-order valence-corrected chi connectivity index (χ3v) is 5.11. The number of hydrogen-bond acceptors (Lipinski definition) is 5. The fourth-order valence-corrected chi connectivity index (χ4v) is 3.93. The molecule has 2 aliphatic heterocycles. The van der Waals surface area contributed by atoms with E-state index in [0.717, 1.165) is 39.0 Å². The van der Waals surface area contributed by atoms with Gasteiger partial charge in [-0.2, -0.15) is 0 Å². The number of nitrogens with zero attached hydrogens (tertiary/aromatic N) is 2. The number of halogens is 1. The first kappa shape index (κ1) is 16.7. The summed E-state index contributed by atoms with van der Waals surface area (Å²) in [5, 5.41) is 0. The van der Waals surface area contributed by atoms with Crippen molar-refractivity contribution >= 4 is 27.7 Å². The molecule has 3 unspecified atom stereocenters. The SMILES string of the molecule is CCCC1NNC(=O)C(Br)C1N1CCN(CC(N)=O)CC1. The Bertz CT molecular complexity index is 387. The van der Waals surface area contributed by atoms with Crippen molar-refractivity contribution in [1.82, 2.24) is 20.7 Å². The number of amides is 2. The number of primary amides is 1. The van der Waals surface area contributed by atoms with Crippen LogP contribution in [0.2, 0.25) is 0 Å². The summed E-state index contributed by atoms with van der Waals surface area (Å²) in [6.07, 6.45) is 2.07. The van der Waals surface area contributed by atoms with Crippen molar-refractivity contribution in [3.05, 3.63) is 0 Å². The number of nitrogens with two attached hydrogens (primary N) is 1. The Morgan fingerprint density at radius 3 is 2.62 bits per heavy atom. The van der Waals surface area contributed by atoms with E-state index in [4.69, 9.17) is 5.73 Å². The van der Waals surface area contributed by atoms with E-state index in [1.54, 1.807) is 0 Å². The summed E-state index contributed by atoms with van der Waals surface area (Å²) in [6.45, 7) is 5.75. The van der Waals surface area contributed by atoms with Gasteiger partial charge in [0.25, 0.3) is 0 Å². The van der Waals surface area contributed by atoms with Crippen molar-refractivity contribution in [3.8, 4) is 0 Å². The van der Waals surface area contributed by atoms with Gasteiger partial charge in [0.2, 0.25) is 11.8 Å². The van der Waals surface area contributed by atoms with Crippen LogP contribution in [-0.4, -0.2) is 71.2 Å². The predicted octanol–water partition coefficient (Wildman–Crippen LogP) is -0.975. The van der Waals surface area contributed by atoms with E-state index < -0.39 is 0 Å². The Labute approximate surface area is 133 Å². The monoisotopic (exact) mass is 361 g/mol. The van der Waals surface area contributed by atoms with Gasteiger partial charge in [0.05, 0.1) is 6.54 Å². The fourth-order valence-electron chi connectivity index (χ4n) is 3.11. The number of rotatable bonds is 5. The quantitative estimate of drug-likeness (QED) is 0.548. The maximum absolute atomic E-state index is 11.9. The first-order valence-electron chi connectivity index (χ1n) is 7.47. The van der Waals surface area contributed by atoms with Crippen LogP contribution < -0.4 is 16.6 Å². The van der Waals surface area contributed by atoms with Crippen molar-refractivity contribution in [2.24, 2.45) is 5.73 Å². The molecule has 2 heterocycles. The number of hydrazine groups is 1. The lowest BCUT2D eigenvalue weighted by Crippen LogP contribution is -2.69. The normalized spacial score (nSPS) is 31.9. The highest BCUT2D eigenvalue weighted by molar-refractivity contribution is 9.10. The largest absolute Gasteiger partial charge is 0.369 e. The van der Waals surface area contributed by atoms with Crippen LogP contribution in [0.3, 0.4) is 0 Å². The summed E-state index contributed by atoms with van der Waals surface area (Å²) >= 11 is 3.54. The van der Waals surface area contributed by atoms with Crippen LogP contribution in [0.5, 0.6) is 0 Å². The molecule has 0 bridgehead atoms. The van der Waals surface area contributed by atoms with Gasteiger partial charge in [-0.1, -0.05) is 29.3 Å². The summed E-state index contributed by atoms with van der Waals surface area (Å²) in [6, 6.07) is 0.370. The van der Waals surface area contributed by atoms with E-state index in [-0.39, 0.29) is 28.7 Å². The summed E-state index contributed by atoms with van der Waals surface area (Å²) in [5.74, 6) is -0.309. The molecule has 0 aromatic rings. The molecular formula is C13H24BrN5O2. The van der Waals surface area contributed by atoms with Crippen LogP contribution in [0.15, 0.2) is 0 Å². The highest BCUT2D eigenvalue weighted by Gasteiger charge is 2.41. The van der Waals surface area contributed by atoms with Crippen LogP contribution in [-0.2, 0) is 9.59 Å². The topological polar surface area (TPSA) is 90.7 Å². The molecule has 0 aromatic heterocycles. The molecule has 2 rings (SSSR count). The molecule has 0 spiro atoms. The maximum atomic E-state index is 11.9. The van der Waals surface area contributed by atoms with Crippen LogP contribution in [0.25, 0.3) is 0 Å². The second kappa shape index (κ2) is 7.53. The van der Waals surface area contributed by atoms with Gasteiger partial charge in [-0.3, -0.25) is 24.8 Å². The molecule has 0 radical (unpaired) electrons. The number of nitrogens with one attached hydrogen (secondary N) is 2. The molecule has 0 saturated carbocycles. The zero-order chi connectivity index (χ0) is 15.4. The Morgan fingerprint density at radius 2 is 2.05 bits per heavy atom. The number of alkyl halides is 1. The molecular weight excluding hydrogens is 338 g/mol. The van der Waals surface area contributed by atoms with E-state index in [1.165, 1.54) is 0 Å². The molecule has 120 valence electrons. The van der Waals surface area contributed by atoms with Crippen molar-refractivity contribution < 1.29 is 9.59 Å². The average Bonchev–Trinajstić information content (AvgIpc) is 2.44. The van der Waals surface area contributed by atoms with E-state index >= 15 is 0 Å². The third kappa shape index (κ3) is 4.15. The molecule has 0 aromatic carbocycles. The standard InChI is InChI=1S/C13H24BrN5O2/c1-2-3-9-12(11(14)13(21)17-16-9)19-6-4-18(5-7-19)8-10(15)20/h9,11-12,16H,2-8H2,1H3,(H2,15,20)(H,17,21). The summed E-state index contributed by atoms with van der Waals surface area (Å²) in [7, 11) is 0. The van der Waals surface area contributed by atoms with Gasteiger partial charge >= 0.3 is 0 Å². The third-order valence-electron chi connectivity index (χ3n) is 4.15. The molecule has 4 N–H and O–H groups in total. The number of carbonyl (C=O) groups excluding carboxylic acids is 2. The molecule has 0 aliphatic carbocycles. The lowest BCUT2D eigenvalue weighted by atomic mass is 9.96. The Kier molecular flexibility index (Phi) is 5.98. The first-order chi connectivity index (χ1) is 10.0. The van der Waals surface area contributed by atoms with Gasteiger partial charge in [0.1, 0.15) is 4.83 Å². The average molecular weight is 362 g/mol. The maximum Gasteiger partial charge on any atom is 0.249 e. The van der Waals surface area contributed by atoms with Gasteiger partial charge < -0.3 is 5.73 Å². The van der Waals surface area contributed by atoms with E-state index in [1.807, 2.05) is 0 Å².